The molecule has 1 heterocycles. The Labute approximate surface area is 116 Å². The zero-order valence-corrected chi connectivity index (χ0v) is 11.6. The van der Waals surface area contributed by atoms with E-state index >= 15 is 0 Å². The number of nitrogens with one attached hydrogen (secondary N) is 2. The minimum atomic E-state index is -4.47. The van der Waals surface area contributed by atoms with Gasteiger partial charge in [-0.25, -0.2) is 4.98 Å². The second kappa shape index (κ2) is 5.85. The third-order valence-electron chi connectivity index (χ3n) is 3.72. The van der Waals surface area contributed by atoms with Gasteiger partial charge in [0.05, 0.1) is 0 Å². The SMILES string of the molecule is CNc1nc(NC(C)C2CCCC2)cc(C(F)(F)F)n1. The van der Waals surface area contributed by atoms with Crippen LogP contribution in [-0.2, 0) is 6.18 Å². The molecule has 1 unspecified atom stereocenters. The minimum Gasteiger partial charge on any atom is -0.367 e. The second-order valence-electron chi connectivity index (χ2n) is 5.19. The lowest BCUT2D eigenvalue weighted by atomic mass is 10.00. The summed E-state index contributed by atoms with van der Waals surface area (Å²) in [6.45, 7) is 1.99. The fraction of sp³-hybridized carbons (Fsp3) is 0.692. The quantitative estimate of drug-likeness (QED) is 0.890. The van der Waals surface area contributed by atoms with E-state index in [0.29, 0.717) is 5.92 Å². The summed E-state index contributed by atoms with van der Waals surface area (Å²) in [5, 5.41) is 5.64. The molecule has 2 N–H and O–H groups in total. The van der Waals surface area contributed by atoms with Crippen molar-refractivity contribution in [2.24, 2.45) is 5.92 Å². The first-order valence-corrected chi connectivity index (χ1v) is 6.80. The van der Waals surface area contributed by atoms with Crippen molar-refractivity contribution in [3.63, 3.8) is 0 Å². The Hall–Kier alpha value is -1.53. The van der Waals surface area contributed by atoms with Gasteiger partial charge in [-0.15, -0.1) is 0 Å². The number of hydrogen-bond donors (Lipinski definition) is 2. The van der Waals surface area contributed by atoms with E-state index in [1.807, 2.05) is 6.92 Å². The van der Waals surface area contributed by atoms with Crippen LogP contribution in [0.5, 0.6) is 0 Å². The van der Waals surface area contributed by atoms with Crippen LogP contribution >= 0.6 is 0 Å². The maximum Gasteiger partial charge on any atom is 0.433 e. The van der Waals surface area contributed by atoms with E-state index in [4.69, 9.17) is 0 Å². The van der Waals surface area contributed by atoms with Crippen molar-refractivity contribution in [1.82, 2.24) is 9.97 Å². The molecule has 1 saturated carbocycles. The van der Waals surface area contributed by atoms with Gasteiger partial charge in [0.2, 0.25) is 5.95 Å². The molecule has 0 spiro atoms. The summed E-state index contributed by atoms with van der Waals surface area (Å²) < 4.78 is 38.3. The standard InChI is InChI=1S/C13H19F3N4/c1-8(9-5-3-4-6-9)18-11-7-10(13(14,15)16)19-12(17-2)20-11/h7-9H,3-6H2,1-2H3,(H2,17,18,19,20). The fourth-order valence-electron chi connectivity index (χ4n) is 2.59. The van der Waals surface area contributed by atoms with Crippen LogP contribution in [0.4, 0.5) is 24.9 Å². The first-order chi connectivity index (χ1) is 9.40. The average Bonchev–Trinajstić information content (AvgIpc) is 2.91. The van der Waals surface area contributed by atoms with Crippen molar-refractivity contribution in [3.8, 4) is 0 Å². The van der Waals surface area contributed by atoms with Crippen LogP contribution in [0.1, 0.15) is 38.3 Å². The first-order valence-electron chi connectivity index (χ1n) is 6.80. The monoisotopic (exact) mass is 288 g/mol. The van der Waals surface area contributed by atoms with E-state index in [1.54, 1.807) is 0 Å². The minimum absolute atomic E-state index is 0.0269. The van der Waals surface area contributed by atoms with Gasteiger partial charge in [0.25, 0.3) is 0 Å². The number of halogens is 3. The summed E-state index contributed by atoms with van der Waals surface area (Å²) in [7, 11) is 1.50. The van der Waals surface area contributed by atoms with Crippen LogP contribution in [-0.4, -0.2) is 23.1 Å². The Kier molecular flexibility index (Phi) is 4.35. The fourth-order valence-corrected chi connectivity index (χ4v) is 2.59. The molecule has 1 fully saturated rings. The van der Waals surface area contributed by atoms with E-state index < -0.39 is 11.9 Å². The summed E-state index contributed by atoms with van der Waals surface area (Å²) in [5.74, 6) is 0.689. The van der Waals surface area contributed by atoms with Crippen LogP contribution in [0.2, 0.25) is 0 Å². The molecule has 1 aromatic rings. The van der Waals surface area contributed by atoms with Gasteiger partial charge >= 0.3 is 6.18 Å². The molecule has 2 rings (SSSR count). The van der Waals surface area contributed by atoms with E-state index in [2.05, 4.69) is 20.6 Å². The highest BCUT2D eigenvalue weighted by Gasteiger charge is 2.34. The molecule has 0 radical (unpaired) electrons. The highest BCUT2D eigenvalue weighted by atomic mass is 19.4. The topological polar surface area (TPSA) is 49.8 Å². The van der Waals surface area contributed by atoms with Crippen molar-refractivity contribution in [1.29, 1.82) is 0 Å². The van der Waals surface area contributed by atoms with Crippen LogP contribution in [0.3, 0.4) is 0 Å². The van der Waals surface area contributed by atoms with Crippen LogP contribution in [0, 0.1) is 5.92 Å². The van der Waals surface area contributed by atoms with Gasteiger partial charge in [-0.2, -0.15) is 18.2 Å². The largest absolute Gasteiger partial charge is 0.433 e. The zero-order valence-electron chi connectivity index (χ0n) is 11.6. The maximum absolute atomic E-state index is 12.8. The Morgan fingerprint density at radius 2 is 1.90 bits per heavy atom. The van der Waals surface area contributed by atoms with E-state index in [0.717, 1.165) is 18.9 Å². The number of nitrogens with zero attached hydrogens (tertiary/aromatic N) is 2. The van der Waals surface area contributed by atoms with Gasteiger partial charge in [0.1, 0.15) is 5.82 Å². The van der Waals surface area contributed by atoms with Crippen molar-refractivity contribution in [3.05, 3.63) is 11.8 Å². The number of aromatic nitrogens is 2. The normalized spacial score (nSPS) is 18.1. The first kappa shape index (κ1) is 14.9. The molecule has 20 heavy (non-hydrogen) atoms. The molecule has 0 aliphatic heterocycles. The molecule has 1 aromatic heterocycles. The van der Waals surface area contributed by atoms with E-state index in [-0.39, 0.29) is 17.8 Å². The lowest BCUT2D eigenvalue weighted by Crippen LogP contribution is -2.25. The highest BCUT2D eigenvalue weighted by molar-refractivity contribution is 5.43. The van der Waals surface area contributed by atoms with Gasteiger partial charge in [0, 0.05) is 19.2 Å². The van der Waals surface area contributed by atoms with Crippen molar-refractivity contribution in [2.45, 2.75) is 44.8 Å². The molecule has 1 atom stereocenters. The number of rotatable bonds is 4. The van der Waals surface area contributed by atoms with Crippen molar-refractivity contribution < 1.29 is 13.2 Å². The molecule has 4 nitrogen and oxygen atoms in total. The second-order valence-corrected chi connectivity index (χ2v) is 5.19. The van der Waals surface area contributed by atoms with Gasteiger partial charge in [-0.3, -0.25) is 0 Å². The number of anilines is 2. The molecule has 1 aliphatic carbocycles. The van der Waals surface area contributed by atoms with Crippen LogP contribution in [0.25, 0.3) is 0 Å². The Bertz CT molecular complexity index is 455. The zero-order chi connectivity index (χ0) is 14.8. The van der Waals surface area contributed by atoms with Gasteiger partial charge < -0.3 is 10.6 Å². The van der Waals surface area contributed by atoms with E-state index in [1.165, 1.54) is 19.9 Å². The number of alkyl halides is 3. The number of hydrogen-bond acceptors (Lipinski definition) is 4. The Morgan fingerprint density at radius 1 is 1.25 bits per heavy atom. The highest BCUT2D eigenvalue weighted by Crippen LogP contribution is 2.32. The smallest absolute Gasteiger partial charge is 0.367 e. The Morgan fingerprint density at radius 3 is 2.45 bits per heavy atom. The molecule has 112 valence electrons. The van der Waals surface area contributed by atoms with Gasteiger partial charge in [-0.05, 0) is 25.7 Å². The molecule has 1 aliphatic rings. The molecule has 0 amide bonds. The predicted molar refractivity (Wildman–Crippen MR) is 71.6 cm³/mol. The summed E-state index contributed by atoms with van der Waals surface area (Å²) in [6, 6.07) is 1.07. The predicted octanol–water partition coefficient (Wildman–Crippen LogP) is 3.53. The molecular formula is C13H19F3N4. The lowest BCUT2D eigenvalue weighted by Gasteiger charge is -2.21. The maximum atomic E-state index is 12.8. The molecular weight excluding hydrogens is 269 g/mol. The summed E-state index contributed by atoms with van der Waals surface area (Å²) in [5.41, 5.74) is -0.932. The van der Waals surface area contributed by atoms with Gasteiger partial charge in [0.15, 0.2) is 5.69 Å². The third-order valence-corrected chi connectivity index (χ3v) is 3.72. The lowest BCUT2D eigenvalue weighted by molar-refractivity contribution is -0.141. The summed E-state index contributed by atoms with van der Waals surface area (Å²) >= 11 is 0. The summed E-state index contributed by atoms with van der Waals surface area (Å²) in [6.07, 6.45) is 0.141. The summed E-state index contributed by atoms with van der Waals surface area (Å²) in [4.78, 5) is 7.48. The molecule has 7 heteroatoms. The molecule has 0 saturated heterocycles. The van der Waals surface area contributed by atoms with Crippen LogP contribution < -0.4 is 10.6 Å². The van der Waals surface area contributed by atoms with Crippen molar-refractivity contribution >= 4 is 11.8 Å². The molecule has 0 bridgehead atoms. The van der Waals surface area contributed by atoms with Crippen LogP contribution in [0.15, 0.2) is 6.07 Å². The van der Waals surface area contributed by atoms with Gasteiger partial charge in [-0.1, -0.05) is 12.8 Å². The Balaban J connectivity index is 2.17. The molecule has 0 aromatic carbocycles. The van der Waals surface area contributed by atoms with Crippen molar-refractivity contribution in [2.75, 3.05) is 17.7 Å². The average molecular weight is 288 g/mol. The third kappa shape index (κ3) is 3.52. The van der Waals surface area contributed by atoms with E-state index in [9.17, 15) is 13.2 Å².